The van der Waals surface area contributed by atoms with E-state index in [1.807, 2.05) is 25.2 Å². The number of benzene rings is 1. The van der Waals surface area contributed by atoms with Gasteiger partial charge in [-0.1, -0.05) is 11.6 Å². The molecule has 122 valence electrons. The van der Waals surface area contributed by atoms with Crippen LogP contribution in [-0.4, -0.2) is 43.0 Å². The average Bonchev–Trinajstić information content (AvgIpc) is 3.13. The summed E-state index contributed by atoms with van der Waals surface area (Å²) < 4.78 is 10.7. The van der Waals surface area contributed by atoms with Gasteiger partial charge >= 0.3 is 0 Å². The summed E-state index contributed by atoms with van der Waals surface area (Å²) in [7, 11) is 1.85. The molecule has 1 atom stereocenters. The van der Waals surface area contributed by atoms with Gasteiger partial charge in [0.2, 0.25) is 12.7 Å². The first kappa shape index (κ1) is 14.4. The van der Waals surface area contributed by atoms with Gasteiger partial charge in [0.1, 0.15) is 0 Å². The van der Waals surface area contributed by atoms with E-state index in [-0.39, 0.29) is 24.7 Å². The number of amides is 1. The second-order valence-electron chi connectivity index (χ2n) is 6.38. The Morgan fingerprint density at radius 3 is 2.91 bits per heavy atom. The van der Waals surface area contributed by atoms with Gasteiger partial charge in [0.05, 0.1) is 12.3 Å². The van der Waals surface area contributed by atoms with Crippen LogP contribution in [0.2, 0.25) is 0 Å². The van der Waals surface area contributed by atoms with E-state index < -0.39 is 0 Å². The standard InChI is InChI=1S/C17H20N2O4/c1-19(17(20)11-3-2-4-11)9-13-8-14(18-23-13)12-5-6-15-16(7-12)22-10-21-15/h5-7,11,13H,2-4,8-10H2,1H3/t13-/m1/s1. The Hall–Kier alpha value is -2.24. The zero-order valence-electron chi connectivity index (χ0n) is 13.2. The Morgan fingerprint density at radius 1 is 1.30 bits per heavy atom. The van der Waals surface area contributed by atoms with Gasteiger partial charge in [-0.15, -0.1) is 0 Å². The van der Waals surface area contributed by atoms with Crippen molar-refractivity contribution in [3.8, 4) is 11.5 Å². The molecule has 0 saturated heterocycles. The van der Waals surface area contributed by atoms with Gasteiger partial charge in [0, 0.05) is 24.9 Å². The van der Waals surface area contributed by atoms with Gasteiger partial charge in [-0.3, -0.25) is 4.79 Å². The zero-order chi connectivity index (χ0) is 15.8. The summed E-state index contributed by atoms with van der Waals surface area (Å²) in [5, 5.41) is 4.19. The zero-order valence-corrected chi connectivity index (χ0v) is 13.2. The molecule has 2 aliphatic heterocycles. The molecule has 0 radical (unpaired) electrons. The van der Waals surface area contributed by atoms with Gasteiger partial charge in [-0.05, 0) is 31.0 Å². The third-order valence-corrected chi connectivity index (χ3v) is 4.75. The van der Waals surface area contributed by atoms with Crippen molar-refractivity contribution in [1.29, 1.82) is 0 Å². The minimum absolute atomic E-state index is 0.0792. The van der Waals surface area contributed by atoms with Gasteiger partial charge in [0.25, 0.3) is 0 Å². The highest BCUT2D eigenvalue weighted by molar-refractivity contribution is 6.01. The van der Waals surface area contributed by atoms with Gasteiger partial charge in [-0.2, -0.15) is 0 Å². The lowest BCUT2D eigenvalue weighted by molar-refractivity contribution is -0.138. The molecule has 0 spiro atoms. The van der Waals surface area contributed by atoms with Crippen molar-refractivity contribution in [3.63, 3.8) is 0 Å². The highest BCUT2D eigenvalue weighted by Gasteiger charge is 2.31. The summed E-state index contributed by atoms with van der Waals surface area (Å²) in [5.41, 5.74) is 1.86. The Morgan fingerprint density at radius 2 is 2.13 bits per heavy atom. The number of ether oxygens (including phenoxy) is 2. The van der Waals surface area contributed by atoms with Crippen LogP contribution in [0.1, 0.15) is 31.2 Å². The molecule has 1 aromatic carbocycles. The van der Waals surface area contributed by atoms with E-state index >= 15 is 0 Å². The fourth-order valence-corrected chi connectivity index (χ4v) is 3.14. The molecule has 6 heteroatoms. The highest BCUT2D eigenvalue weighted by Crippen LogP contribution is 2.34. The predicted octanol–water partition coefficient (Wildman–Crippen LogP) is 2.17. The van der Waals surface area contributed by atoms with E-state index in [9.17, 15) is 4.79 Å². The summed E-state index contributed by atoms with van der Waals surface area (Å²) in [4.78, 5) is 19.5. The van der Waals surface area contributed by atoms with Crippen molar-refractivity contribution in [2.75, 3.05) is 20.4 Å². The predicted molar refractivity (Wildman–Crippen MR) is 83.6 cm³/mol. The molecule has 1 aliphatic carbocycles. The maximum absolute atomic E-state index is 12.2. The number of fused-ring (bicyclic) bond motifs is 1. The molecule has 23 heavy (non-hydrogen) atoms. The second kappa shape index (κ2) is 5.76. The first-order chi connectivity index (χ1) is 11.2. The van der Waals surface area contributed by atoms with Crippen molar-refractivity contribution in [1.82, 2.24) is 4.90 Å². The van der Waals surface area contributed by atoms with Gasteiger partial charge < -0.3 is 19.2 Å². The van der Waals surface area contributed by atoms with Crippen molar-refractivity contribution < 1.29 is 19.1 Å². The number of rotatable bonds is 4. The maximum Gasteiger partial charge on any atom is 0.231 e. The highest BCUT2D eigenvalue weighted by atomic mass is 16.7. The van der Waals surface area contributed by atoms with Crippen LogP contribution in [0.4, 0.5) is 0 Å². The third-order valence-electron chi connectivity index (χ3n) is 4.75. The number of hydrogen-bond acceptors (Lipinski definition) is 5. The van der Waals surface area contributed by atoms with Crippen LogP contribution in [0, 0.1) is 5.92 Å². The smallest absolute Gasteiger partial charge is 0.231 e. The number of nitrogens with zero attached hydrogens (tertiary/aromatic N) is 2. The lowest BCUT2D eigenvalue weighted by Crippen LogP contribution is -2.40. The maximum atomic E-state index is 12.2. The Labute approximate surface area is 135 Å². The van der Waals surface area contributed by atoms with E-state index in [1.54, 1.807) is 4.90 Å². The molecule has 0 aromatic heterocycles. The van der Waals surface area contributed by atoms with Gasteiger partial charge in [0.15, 0.2) is 17.6 Å². The van der Waals surface area contributed by atoms with E-state index in [4.69, 9.17) is 14.3 Å². The summed E-state index contributed by atoms with van der Waals surface area (Å²) in [6.07, 6.45) is 3.83. The van der Waals surface area contributed by atoms with Crippen LogP contribution >= 0.6 is 0 Å². The Kier molecular flexibility index (Phi) is 3.59. The molecule has 1 fully saturated rings. The SMILES string of the molecule is CN(C[C@H]1CC(c2ccc3c(c2)OCO3)=NO1)C(=O)C1CCC1. The molecule has 1 amide bonds. The van der Waals surface area contributed by atoms with E-state index in [1.165, 1.54) is 6.42 Å². The molecule has 6 nitrogen and oxygen atoms in total. The molecule has 0 bridgehead atoms. The summed E-state index contributed by atoms with van der Waals surface area (Å²) >= 11 is 0. The Balaban J connectivity index is 1.36. The van der Waals surface area contributed by atoms with Crippen LogP contribution in [0.3, 0.4) is 0 Å². The Bertz CT molecular complexity index is 654. The molecular formula is C17H20N2O4. The minimum Gasteiger partial charge on any atom is -0.454 e. The molecule has 2 heterocycles. The monoisotopic (exact) mass is 316 g/mol. The number of oxime groups is 1. The fourth-order valence-electron chi connectivity index (χ4n) is 3.14. The first-order valence-electron chi connectivity index (χ1n) is 8.08. The van der Waals surface area contributed by atoms with E-state index in [0.29, 0.717) is 13.0 Å². The van der Waals surface area contributed by atoms with Crippen LogP contribution < -0.4 is 9.47 Å². The largest absolute Gasteiger partial charge is 0.454 e. The van der Waals surface area contributed by atoms with Crippen LogP contribution in [0.5, 0.6) is 11.5 Å². The van der Waals surface area contributed by atoms with Crippen molar-refractivity contribution in [2.24, 2.45) is 11.1 Å². The number of hydrogen-bond donors (Lipinski definition) is 0. The van der Waals surface area contributed by atoms with Crippen LogP contribution in [-0.2, 0) is 9.63 Å². The summed E-state index contributed by atoms with van der Waals surface area (Å²) in [6.45, 7) is 0.839. The molecule has 0 N–H and O–H groups in total. The normalized spacial score (nSPS) is 22.3. The lowest BCUT2D eigenvalue weighted by atomic mass is 9.84. The quantitative estimate of drug-likeness (QED) is 0.854. The fraction of sp³-hybridized carbons (Fsp3) is 0.529. The topological polar surface area (TPSA) is 60.4 Å². The number of carbonyl (C=O) groups excluding carboxylic acids is 1. The van der Waals surface area contributed by atoms with Gasteiger partial charge in [-0.25, -0.2) is 0 Å². The van der Waals surface area contributed by atoms with E-state index in [2.05, 4.69) is 5.16 Å². The second-order valence-corrected chi connectivity index (χ2v) is 6.38. The van der Waals surface area contributed by atoms with Crippen LogP contribution in [0.15, 0.2) is 23.4 Å². The molecule has 0 unspecified atom stereocenters. The third kappa shape index (κ3) is 2.73. The molecule has 1 aromatic rings. The summed E-state index contributed by atoms with van der Waals surface area (Å²) in [5.74, 6) is 1.95. The summed E-state index contributed by atoms with van der Waals surface area (Å²) in [6, 6.07) is 5.78. The van der Waals surface area contributed by atoms with Crippen molar-refractivity contribution in [3.05, 3.63) is 23.8 Å². The number of likely N-dealkylation sites (N-methyl/N-ethyl adjacent to an activating group) is 1. The lowest BCUT2D eigenvalue weighted by Gasteiger charge is -2.30. The molecule has 1 saturated carbocycles. The number of carbonyl (C=O) groups is 1. The van der Waals surface area contributed by atoms with E-state index in [0.717, 1.165) is 35.6 Å². The van der Waals surface area contributed by atoms with Crippen LogP contribution in [0.25, 0.3) is 0 Å². The first-order valence-corrected chi connectivity index (χ1v) is 8.08. The molecular weight excluding hydrogens is 296 g/mol. The molecule has 4 rings (SSSR count). The average molecular weight is 316 g/mol. The molecule has 3 aliphatic rings. The van der Waals surface area contributed by atoms with Crippen molar-refractivity contribution in [2.45, 2.75) is 31.8 Å². The minimum atomic E-state index is -0.0792. The van der Waals surface area contributed by atoms with Crippen molar-refractivity contribution >= 4 is 11.6 Å².